The minimum absolute atomic E-state index is 0.475. The number of aromatic nitrogens is 3. The lowest BCUT2D eigenvalue weighted by Crippen LogP contribution is -2.13. The molecule has 1 N–H and O–H groups in total. The second-order valence-electron chi connectivity index (χ2n) is 6.85. The first-order valence-corrected chi connectivity index (χ1v) is 10.2. The fourth-order valence-corrected chi connectivity index (χ4v) is 3.05. The van der Waals surface area contributed by atoms with Gasteiger partial charge in [0.2, 0.25) is 11.8 Å². The number of hydrogen-bond acceptors (Lipinski definition) is 7. The average Bonchev–Trinajstić information content (AvgIpc) is 2.84. The Morgan fingerprint density at radius 1 is 1.00 bits per heavy atom. The second kappa shape index (κ2) is 9.98. The highest BCUT2D eigenvalue weighted by Crippen LogP contribution is 2.29. The van der Waals surface area contributed by atoms with Crippen molar-refractivity contribution in [2.45, 2.75) is 6.54 Å². The molecule has 2 aromatic heterocycles. The standard InChI is InChI=1S/C24H21ClN5O2/c1-30(19-8-10-20(31-2)11-9-19)22-12-17(14-26-24-27-15-18(25)16-28-24)13-23(29-22)32-21-6-4-3-5-7-21/h4-13,15-16H,14H2,1-2H3,(H,26,27,28). The van der Waals surface area contributed by atoms with Crippen molar-refractivity contribution < 1.29 is 9.47 Å². The number of pyridine rings is 1. The summed E-state index contributed by atoms with van der Waals surface area (Å²) in [6.07, 6.45) is 3.10. The van der Waals surface area contributed by atoms with Gasteiger partial charge in [-0.25, -0.2) is 9.97 Å². The third-order valence-electron chi connectivity index (χ3n) is 4.63. The smallest absolute Gasteiger partial charge is 0.222 e. The molecule has 1 radical (unpaired) electrons. The van der Waals surface area contributed by atoms with E-state index in [0.717, 1.165) is 22.8 Å². The van der Waals surface area contributed by atoms with Gasteiger partial charge in [0.1, 0.15) is 17.3 Å². The van der Waals surface area contributed by atoms with Gasteiger partial charge in [-0.1, -0.05) is 23.7 Å². The molecule has 0 amide bonds. The van der Waals surface area contributed by atoms with Crippen LogP contribution in [0, 0.1) is 6.07 Å². The van der Waals surface area contributed by atoms with Crippen molar-refractivity contribution in [1.82, 2.24) is 15.0 Å². The van der Waals surface area contributed by atoms with Crippen LogP contribution in [0.2, 0.25) is 5.02 Å². The number of anilines is 3. The zero-order chi connectivity index (χ0) is 22.3. The van der Waals surface area contributed by atoms with Gasteiger partial charge >= 0.3 is 0 Å². The highest BCUT2D eigenvalue weighted by molar-refractivity contribution is 6.30. The van der Waals surface area contributed by atoms with Gasteiger partial charge in [-0.3, -0.25) is 0 Å². The summed E-state index contributed by atoms with van der Waals surface area (Å²) in [6, 6.07) is 21.9. The van der Waals surface area contributed by atoms with E-state index >= 15 is 0 Å². The summed E-state index contributed by atoms with van der Waals surface area (Å²) in [5.41, 5.74) is 1.91. The number of methoxy groups -OCH3 is 1. The van der Waals surface area contributed by atoms with Crippen LogP contribution in [0.25, 0.3) is 0 Å². The van der Waals surface area contributed by atoms with Gasteiger partial charge in [0.25, 0.3) is 0 Å². The van der Waals surface area contributed by atoms with E-state index < -0.39 is 0 Å². The second-order valence-corrected chi connectivity index (χ2v) is 7.28. The summed E-state index contributed by atoms with van der Waals surface area (Å²) in [5.74, 6) is 3.16. The maximum Gasteiger partial charge on any atom is 0.222 e. The highest BCUT2D eigenvalue weighted by Gasteiger charge is 2.11. The zero-order valence-electron chi connectivity index (χ0n) is 17.6. The zero-order valence-corrected chi connectivity index (χ0v) is 18.4. The van der Waals surface area contributed by atoms with Crippen LogP contribution in [0.4, 0.5) is 17.5 Å². The number of benzene rings is 2. The van der Waals surface area contributed by atoms with Gasteiger partial charge in [-0.15, -0.1) is 0 Å². The van der Waals surface area contributed by atoms with E-state index in [1.807, 2.05) is 60.5 Å². The van der Waals surface area contributed by atoms with Crippen LogP contribution in [-0.2, 0) is 6.54 Å². The van der Waals surface area contributed by atoms with Crippen molar-refractivity contribution >= 4 is 29.1 Å². The molecule has 2 heterocycles. The molecule has 0 aliphatic carbocycles. The highest BCUT2D eigenvalue weighted by atomic mass is 35.5. The third-order valence-corrected chi connectivity index (χ3v) is 4.83. The van der Waals surface area contributed by atoms with Gasteiger partial charge in [0, 0.05) is 25.3 Å². The fraction of sp³-hybridized carbons (Fsp3) is 0.125. The Hall–Kier alpha value is -3.84. The monoisotopic (exact) mass is 446 g/mol. The maximum atomic E-state index is 6.00. The Morgan fingerprint density at radius 3 is 2.41 bits per heavy atom. The van der Waals surface area contributed by atoms with Crippen LogP contribution in [0.3, 0.4) is 0 Å². The van der Waals surface area contributed by atoms with E-state index in [9.17, 15) is 0 Å². The first-order chi connectivity index (χ1) is 15.6. The number of nitrogens with zero attached hydrogens (tertiary/aromatic N) is 4. The molecule has 8 heteroatoms. The topological polar surface area (TPSA) is 72.4 Å². The molecule has 0 spiro atoms. The van der Waals surface area contributed by atoms with E-state index in [1.54, 1.807) is 31.6 Å². The fourth-order valence-electron chi connectivity index (χ4n) is 2.95. The molecular formula is C24H21ClN5O2. The Balaban J connectivity index is 1.61. The van der Waals surface area contributed by atoms with Crippen molar-refractivity contribution in [3.8, 4) is 17.4 Å². The van der Waals surface area contributed by atoms with Gasteiger partial charge in [-0.05, 0) is 54.1 Å². The average molecular weight is 447 g/mol. The predicted molar refractivity (Wildman–Crippen MR) is 125 cm³/mol. The molecule has 0 fully saturated rings. The molecule has 0 saturated heterocycles. The normalized spacial score (nSPS) is 10.5. The summed E-state index contributed by atoms with van der Waals surface area (Å²) < 4.78 is 11.3. The molecule has 7 nitrogen and oxygen atoms in total. The number of hydrogen-bond donors (Lipinski definition) is 1. The summed E-state index contributed by atoms with van der Waals surface area (Å²) in [7, 11) is 3.59. The van der Waals surface area contributed by atoms with Crippen molar-refractivity contribution in [3.05, 3.63) is 89.7 Å². The van der Waals surface area contributed by atoms with Crippen LogP contribution in [0.5, 0.6) is 17.4 Å². The van der Waals surface area contributed by atoms with Crippen LogP contribution in [-0.4, -0.2) is 29.1 Å². The van der Waals surface area contributed by atoms with Crippen molar-refractivity contribution in [2.75, 3.05) is 24.4 Å². The number of halogens is 1. The van der Waals surface area contributed by atoms with Gasteiger partial charge in [0.15, 0.2) is 0 Å². The molecule has 0 bridgehead atoms. The van der Waals surface area contributed by atoms with E-state index in [0.29, 0.717) is 29.1 Å². The molecule has 0 aliphatic rings. The van der Waals surface area contributed by atoms with Crippen LogP contribution < -0.4 is 19.7 Å². The third kappa shape index (κ3) is 5.44. The molecular weight excluding hydrogens is 426 g/mol. The maximum absolute atomic E-state index is 6.00. The minimum Gasteiger partial charge on any atom is -0.497 e. The molecule has 4 rings (SSSR count). The SMILES string of the molecule is COc1ccc(N(C)c2cc(CNc3ncc(Cl)cn3)cc(Oc3cc[c]cc3)n2)cc1. The summed E-state index contributed by atoms with van der Waals surface area (Å²) in [5, 5.41) is 3.68. The quantitative estimate of drug-likeness (QED) is 0.382. The largest absolute Gasteiger partial charge is 0.497 e. The van der Waals surface area contributed by atoms with Gasteiger partial charge < -0.3 is 19.7 Å². The molecule has 4 aromatic rings. The number of rotatable bonds is 8. The predicted octanol–water partition coefficient (Wildman–Crippen LogP) is 5.51. The molecule has 32 heavy (non-hydrogen) atoms. The lowest BCUT2D eigenvalue weighted by atomic mass is 10.2. The lowest BCUT2D eigenvalue weighted by molar-refractivity contribution is 0.415. The number of ether oxygens (including phenoxy) is 2. The summed E-state index contributed by atoms with van der Waals surface area (Å²) in [4.78, 5) is 15.0. The Morgan fingerprint density at radius 2 is 1.72 bits per heavy atom. The van der Waals surface area contributed by atoms with Crippen molar-refractivity contribution in [2.24, 2.45) is 0 Å². The van der Waals surface area contributed by atoms with E-state index in [-0.39, 0.29) is 0 Å². The molecule has 0 unspecified atom stereocenters. The molecule has 0 atom stereocenters. The van der Waals surface area contributed by atoms with Crippen LogP contribution >= 0.6 is 11.6 Å². The van der Waals surface area contributed by atoms with Crippen LogP contribution in [0.15, 0.2) is 73.1 Å². The number of nitrogens with one attached hydrogen (secondary N) is 1. The molecule has 2 aromatic carbocycles. The van der Waals surface area contributed by atoms with Gasteiger partial charge in [-0.2, -0.15) is 4.98 Å². The van der Waals surface area contributed by atoms with E-state index in [1.165, 1.54) is 0 Å². The lowest BCUT2D eigenvalue weighted by Gasteiger charge is -2.20. The summed E-state index contributed by atoms with van der Waals surface area (Å²) >= 11 is 5.87. The van der Waals surface area contributed by atoms with Crippen molar-refractivity contribution in [1.29, 1.82) is 0 Å². The van der Waals surface area contributed by atoms with Gasteiger partial charge in [0.05, 0.1) is 24.5 Å². The summed E-state index contributed by atoms with van der Waals surface area (Å²) in [6.45, 7) is 0.479. The van der Waals surface area contributed by atoms with Crippen LogP contribution in [0.1, 0.15) is 5.56 Å². The van der Waals surface area contributed by atoms with Crippen molar-refractivity contribution in [3.63, 3.8) is 0 Å². The first kappa shape index (κ1) is 21.4. The molecule has 0 saturated carbocycles. The Labute approximate surface area is 191 Å². The Bertz CT molecular complexity index is 1160. The Kier molecular flexibility index (Phi) is 6.67. The van der Waals surface area contributed by atoms with E-state index in [4.69, 9.17) is 26.1 Å². The van der Waals surface area contributed by atoms with E-state index in [2.05, 4.69) is 21.4 Å². The molecule has 0 aliphatic heterocycles. The minimum atomic E-state index is 0.475. The first-order valence-electron chi connectivity index (χ1n) is 9.85. The molecule has 161 valence electrons.